The van der Waals surface area contributed by atoms with Crippen LogP contribution in [0.1, 0.15) is 6.42 Å². The van der Waals surface area contributed by atoms with E-state index in [0.717, 1.165) is 0 Å². The Labute approximate surface area is 139 Å². The maximum absolute atomic E-state index is 13.2. The van der Waals surface area contributed by atoms with Crippen molar-refractivity contribution >= 4 is 44.5 Å². The molecule has 9 heteroatoms. The number of benzene rings is 1. The van der Waals surface area contributed by atoms with Crippen LogP contribution in [0.2, 0.25) is 5.02 Å². The second-order valence-corrected chi connectivity index (χ2v) is 8.33. The largest absolute Gasteiger partial charge is 0.331 e. The van der Waals surface area contributed by atoms with E-state index in [-0.39, 0.29) is 22.6 Å². The number of nitrogens with zero attached hydrogens (tertiary/aromatic N) is 2. The van der Waals surface area contributed by atoms with Gasteiger partial charge in [-0.25, -0.2) is 17.8 Å². The quantitative estimate of drug-likeness (QED) is 0.654. The third-order valence-electron chi connectivity index (χ3n) is 3.36. The van der Waals surface area contributed by atoms with E-state index in [0.29, 0.717) is 17.2 Å². The summed E-state index contributed by atoms with van der Waals surface area (Å²) in [5.41, 5.74) is 0.545. The van der Waals surface area contributed by atoms with Crippen molar-refractivity contribution in [2.24, 2.45) is 0 Å². The van der Waals surface area contributed by atoms with Crippen molar-refractivity contribution in [1.29, 1.82) is 0 Å². The molecule has 0 radical (unpaired) electrons. The molecule has 122 valence electrons. The van der Waals surface area contributed by atoms with Gasteiger partial charge in [-0.2, -0.15) is 0 Å². The van der Waals surface area contributed by atoms with Crippen LogP contribution in [0.5, 0.6) is 0 Å². The zero-order valence-corrected chi connectivity index (χ0v) is 14.6. The molecule has 1 atom stereocenters. The molecule has 1 fully saturated rings. The molecule has 1 aromatic rings. The Kier molecular flexibility index (Phi) is 5.26. The van der Waals surface area contributed by atoms with E-state index >= 15 is 0 Å². The molecule has 1 N–H and O–H groups in total. The molecule has 1 saturated heterocycles. The minimum atomic E-state index is -3.02. The molecule has 0 amide bonds. The summed E-state index contributed by atoms with van der Waals surface area (Å²) in [5.74, 6) is -0.283. The number of halogens is 2. The highest BCUT2D eigenvalue weighted by atomic mass is 35.5. The molecular formula is C13H17ClFN3O2S2. The average molecular weight is 366 g/mol. The Morgan fingerprint density at radius 1 is 1.45 bits per heavy atom. The lowest BCUT2D eigenvalue weighted by molar-refractivity contribution is 0.0757. The fraction of sp³-hybridized carbons (Fsp3) is 0.462. The maximum atomic E-state index is 13.2. The van der Waals surface area contributed by atoms with E-state index in [9.17, 15) is 12.8 Å². The smallest absolute Gasteiger partial charge is 0.188 e. The number of rotatable bonds is 3. The van der Waals surface area contributed by atoms with Crippen LogP contribution in [0.25, 0.3) is 0 Å². The zero-order valence-electron chi connectivity index (χ0n) is 12.2. The molecule has 0 unspecified atom stereocenters. The zero-order chi connectivity index (χ0) is 16.5. The summed E-state index contributed by atoms with van der Waals surface area (Å²) in [4.78, 5) is 0. The lowest BCUT2D eigenvalue weighted by atomic mass is 10.2. The van der Waals surface area contributed by atoms with Crippen molar-refractivity contribution in [3.8, 4) is 0 Å². The molecule has 0 aromatic heterocycles. The van der Waals surface area contributed by atoms with Gasteiger partial charge in [-0.05, 0) is 36.8 Å². The molecule has 0 bridgehead atoms. The van der Waals surface area contributed by atoms with Gasteiger partial charge in [-0.3, -0.25) is 5.01 Å². The van der Waals surface area contributed by atoms with Crippen molar-refractivity contribution in [3.05, 3.63) is 29.0 Å². The SMILES string of the molecule is CN(C)N(C(=S)Nc1ccc(F)c(Cl)c1)[C@H]1CCS(=O)(=O)C1. The molecule has 22 heavy (non-hydrogen) atoms. The van der Waals surface area contributed by atoms with E-state index in [1.165, 1.54) is 18.2 Å². The van der Waals surface area contributed by atoms with Crippen LogP contribution in [0.4, 0.5) is 10.1 Å². The summed E-state index contributed by atoms with van der Waals surface area (Å²) >= 11 is 11.1. The van der Waals surface area contributed by atoms with Crippen molar-refractivity contribution < 1.29 is 12.8 Å². The number of anilines is 1. The molecular weight excluding hydrogens is 349 g/mol. The van der Waals surface area contributed by atoms with Gasteiger partial charge in [0.05, 0.1) is 22.6 Å². The van der Waals surface area contributed by atoms with Gasteiger partial charge in [0.1, 0.15) is 5.82 Å². The minimum Gasteiger partial charge on any atom is -0.331 e. The maximum Gasteiger partial charge on any atom is 0.188 e. The number of sulfone groups is 1. The molecule has 1 aromatic carbocycles. The van der Waals surface area contributed by atoms with Crippen LogP contribution in [-0.2, 0) is 9.84 Å². The molecule has 1 heterocycles. The number of hydrogen-bond donors (Lipinski definition) is 1. The number of hydrogen-bond acceptors (Lipinski definition) is 4. The third-order valence-corrected chi connectivity index (χ3v) is 5.69. The summed E-state index contributed by atoms with van der Waals surface area (Å²) in [6.45, 7) is 0. The predicted molar refractivity (Wildman–Crippen MR) is 90.2 cm³/mol. The molecule has 1 aliphatic heterocycles. The monoisotopic (exact) mass is 365 g/mol. The van der Waals surface area contributed by atoms with E-state index in [1.54, 1.807) is 24.1 Å². The van der Waals surface area contributed by atoms with Gasteiger partial charge in [-0.15, -0.1) is 0 Å². The van der Waals surface area contributed by atoms with Gasteiger partial charge in [0.15, 0.2) is 14.9 Å². The van der Waals surface area contributed by atoms with Crippen LogP contribution in [0.15, 0.2) is 18.2 Å². The summed E-state index contributed by atoms with van der Waals surface area (Å²) in [5, 5.41) is 6.76. The number of hydrazine groups is 1. The highest BCUT2D eigenvalue weighted by Gasteiger charge is 2.34. The fourth-order valence-electron chi connectivity index (χ4n) is 2.40. The first kappa shape index (κ1) is 17.4. The second kappa shape index (κ2) is 6.66. The highest BCUT2D eigenvalue weighted by Crippen LogP contribution is 2.22. The van der Waals surface area contributed by atoms with Crippen LogP contribution in [0, 0.1) is 5.82 Å². The Morgan fingerprint density at radius 2 is 2.14 bits per heavy atom. The van der Waals surface area contributed by atoms with Gasteiger partial charge in [0, 0.05) is 19.8 Å². The van der Waals surface area contributed by atoms with Crippen molar-refractivity contribution in [2.75, 3.05) is 30.9 Å². The first-order chi connectivity index (χ1) is 10.2. The first-order valence-electron chi connectivity index (χ1n) is 6.62. The Morgan fingerprint density at radius 3 is 2.64 bits per heavy atom. The van der Waals surface area contributed by atoms with Crippen molar-refractivity contribution in [2.45, 2.75) is 12.5 Å². The van der Waals surface area contributed by atoms with Gasteiger partial charge in [0.2, 0.25) is 0 Å². The summed E-state index contributed by atoms with van der Waals surface area (Å²) in [6.07, 6.45) is 0.520. The molecule has 1 aliphatic rings. The summed E-state index contributed by atoms with van der Waals surface area (Å²) in [6, 6.07) is 3.98. The van der Waals surface area contributed by atoms with E-state index < -0.39 is 15.7 Å². The van der Waals surface area contributed by atoms with E-state index in [4.69, 9.17) is 23.8 Å². The van der Waals surface area contributed by atoms with Gasteiger partial charge in [0.25, 0.3) is 0 Å². The normalized spacial score (nSPS) is 20.1. The van der Waals surface area contributed by atoms with Crippen LogP contribution < -0.4 is 5.32 Å². The van der Waals surface area contributed by atoms with Crippen LogP contribution in [0.3, 0.4) is 0 Å². The van der Waals surface area contributed by atoms with E-state index in [1.807, 2.05) is 0 Å². The van der Waals surface area contributed by atoms with Crippen LogP contribution in [-0.4, -0.2) is 55.2 Å². The number of nitrogens with one attached hydrogen (secondary N) is 1. The standard InChI is InChI=1S/C13H17ClFN3O2S2/c1-17(2)18(10-5-6-22(19,20)8-10)13(21)16-9-3-4-12(15)11(14)7-9/h3-4,7,10H,5-6,8H2,1-2H3,(H,16,21)/t10-/m0/s1. The molecule has 0 spiro atoms. The Hall–Kier alpha value is -0.960. The van der Waals surface area contributed by atoms with Gasteiger partial charge < -0.3 is 5.32 Å². The van der Waals surface area contributed by atoms with Gasteiger partial charge >= 0.3 is 0 Å². The average Bonchev–Trinajstić information content (AvgIpc) is 2.73. The molecule has 5 nitrogen and oxygen atoms in total. The lowest BCUT2D eigenvalue weighted by Gasteiger charge is -2.36. The van der Waals surface area contributed by atoms with E-state index in [2.05, 4.69) is 5.32 Å². The predicted octanol–water partition coefficient (Wildman–Crippen LogP) is 2.14. The Bertz CT molecular complexity index is 682. The topological polar surface area (TPSA) is 52.6 Å². The van der Waals surface area contributed by atoms with Crippen molar-refractivity contribution in [1.82, 2.24) is 10.0 Å². The highest BCUT2D eigenvalue weighted by molar-refractivity contribution is 7.91. The molecule has 2 rings (SSSR count). The van der Waals surface area contributed by atoms with Gasteiger partial charge in [-0.1, -0.05) is 11.6 Å². The van der Waals surface area contributed by atoms with Crippen molar-refractivity contribution in [3.63, 3.8) is 0 Å². The molecule has 0 saturated carbocycles. The summed E-state index contributed by atoms with van der Waals surface area (Å²) in [7, 11) is 0.557. The molecule has 0 aliphatic carbocycles. The lowest BCUT2D eigenvalue weighted by Crippen LogP contribution is -2.51. The number of thiocarbonyl (C=S) groups is 1. The third kappa shape index (κ3) is 4.07. The minimum absolute atomic E-state index is 0.00681. The summed E-state index contributed by atoms with van der Waals surface area (Å²) < 4.78 is 36.5. The van der Waals surface area contributed by atoms with Crippen LogP contribution >= 0.6 is 23.8 Å². The first-order valence-corrected chi connectivity index (χ1v) is 9.23. The fourth-order valence-corrected chi connectivity index (χ4v) is 4.70. The second-order valence-electron chi connectivity index (χ2n) is 5.31. The Balaban J connectivity index is 2.15.